The number of carboxylic acids is 1. The largest absolute Gasteiger partial charge is 0.504 e. The number of nitrogens with zero attached hydrogens (tertiary/aromatic N) is 1. The van der Waals surface area contributed by atoms with Gasteiger partial charge < -0.3 is 25.0 Å². The van der Waals surface area contributed by atoms with Crippen LogP contribution in [0.1, 0.15) is 23.7 Å². The second-order valence-corrected chi connectivity index (χ2v) is 9.58. The predicted octanol–water partition coefficient (Wildman–Crippen LogP) is -1.19. The fraction of sp³-hybridized carbons (Fsp3) is 0.375. The summed E-state index contributed by atoms with van der Waals surface area (Å²) in [5.74, 6) is -6.97. The van der Waals surface area contributed by atoms with Gasteiger partial charge in [0.1, 0.15) is 16.7 Å². The minimum atomic E-state index is -4.21. The van der Waals surface area contributed by atoms with E-state index in [0.717, 1.165) is 19.1 Å². The van der Waals surface area contributed by atoms with Crippen LogP contribution in [-0.4, -0.2) is 75.3 Å². The Morgan fingerprint density at radius 3 is 2.52 bits per heavy atom. The van der Waals surface area contributed by atoms with Crippen LogP contribution in [0.3, 0.4) is 0 Å². The first kappa shape index (κ1) is 22.1. The Kier molecular flexibility index (Phi) is 5.17. The zero-order chi connectivity index (χ0) is 23.3. The van der Waals surface area contributed by atoms with E-state index < -0.39 is 79.4 Å². The third-order valence-electron chi connectivity index (χ3n) is 5.15. The van der Waals surface area contributed by atoms with Crippen molar-refractivity contribution in [3.63, 3.8) is 0 Å². The number of carbonyl (C=O) groups is 4. The molecule has 5 N–H and O–H groups in total. The van der Waals surface area contributed by atoms with Crippen LogP contribution >= 0.6 is 0 Å². The summed E-state index contributed by atoms with van der Waals surface area (Å²) in [7, 11) is -4.21. The first-order valence-corrected chi connectivity index (χ1v) is 10.1. The number of hydrogen-bond donors (Lipinski definition) is 5. The summed E-state index contributed by atoms with van der Waals surface area (Å²) in [6.07, 6.45) is -1.78. The SMILES string of the molecule is C[C@]1(COC(=O)NNC(=O)c2ccc(O)c(O)c2F)[C@H](C(=O)O)N2C(=O)C[C@H]2S1(=O)=O. The van der Waals surface area contributed by atoms with E-state index in [-0.39, 0.29) is 6.42 Å². The highest BCUT2D eigenvalue weighted by molar-refractivity contribution is 7.94. The second-order valence-electron chi connectivity index (χ2n) is 7.01. The number of nitrogens with one attached hydrogen (secondary N) is 2. The maximum atomic E-state index is 13.8. The van der Waals surface area contributed by atoms with Crippen molar-refractivity contribution in [2.45, 2.75) is 29.5 Å². The Balaban J connectivity index is 1.66. The third kappa shape index (κ3) is 3.26. The van der Waals surface area contributed by atoms with E-state index >= 15 is 0 Å². The number of aromatic hydroxyl groups is 2. The van der Waals surface area contributed by atoms with Crippen LogP contribution in [0.5, 0.6) is 11.5 Å². The average molecular weight is 461 g/mol. The van der Waals surface area contributed by atoms with Gasteiger partial charge in [0.05, 0.1) is 12.0 Å². The fourth-order valence-corrected chi connectivity index (χ4v) is 5.69. The summed E-state index contributed by atoms with van der Waals surface area (Å²) < 4.78 is 41.7. The van der Waals surface area contributed by atoms with Gasteiger partial charge in [-0.05, 0) is 19.1 Å². The van der Waals surface area contributed by atoms with Crippen LogP contribution in [0.4, 0.5) is 9.18 Å². The first-order valence-electron chi connectivity index (χ1n) is 8.54. The molecule has 0 radical (unpaired) electrons. The monoisotopic (exact) mass is 461 g/mol. The lowest BCUT2D eigenvalue weighted by Crippen LogP contribution is -2.58. The molecule has 2 aliphatic heterocycles. The van der Waals surface area contributed by atoms with Crippen LogP contribution < -0.4 is 10.9 Å². The van der Waals surface area contributed by atoms with Gasteiger partial charge in [-0.25, -0.2) is 27.8 Å². The Labute approximate surface area is 173 Å². The molecule has 3 amide bonds. The van der Waals surface area contributed by atoms with Gasteiger partial charge >= 0.3 is 12.1 Å². The standard InChI is InChI=1S/C16H16FN3O10S/c1-16(12(14(25)26)20-8(22)4-9(20)31(16,28)29)5-30-15(27)19-18-13(24)6-2-3-7(21)11(23)10(6)17/h2-3,9,12,21,23H,4-5H2,1H3,(H,18,24)(H,19,27)(H,25,26)/t9-,12+,16+/m1/s1. The molecule has 15 heteroatoms. The number of β-lactam (4-membered cyclic amide) rings is 1. The van der Waals surface area contributed by atoms with E-state index in [1.54, 1.807) is 10.9 Å². The number of carboxylic acid groups (broad SMARTS) is 1. The molecule has 1 aromatic carbocycles. The lowest BCUT2D eigenvalue weighted by Gasteiger charge is -2.35. The Bertz CT molecular complexity index is 1110. The molecule has 0 saturated carbocycles. The molecule has 2 saturated heterocycles. The van der Waals surface area contributed by atoms with Gasteiger partial charge in [0.15, 0.2) is 33.2 Å². The van der Waals surface area contributed by atoms with Crippen molar-refractivity contribution in [3.8, 4) is 11.5 Å². The fourth-order valence-electron chi connectivity index (χ4n) is 3.42. The first-order chi connectivity index (χ1) is 14.3. The normalized spacial score (nSPS) is 25.9. The molecule has 0 aromatic heterocycles. The summed E-state index contributed by atoms with van der Waals surface area (Å²) in [4.78, 5) is 47.8. The van der Waals surface area contributed by atoms with E-state index in [1.807, 2.05) is 0 Å². The molecule has 2 aliphatic rings. The highest BCUT2D eigenvalue weighted by Gasteiger charge is 2.70. The van der Waals surface area contributed by atoms with E-state index in [0.29, 0.717) is 4.90 Å². The molecule has 3 atom stereocenters. The number of carbonyl (C=O) groups excluding carboxylic acids is 3. The zero-order valence-corrected chi connectivity index (χ0v) is 16.5. The van der Waals surface area contributed by atoms with Gasteiger partial charge in [0.25, 0.3) is 5.91 Å². The molecule has 0 unspecified atom stereocenters. The van der Waals surface area contributed by atoms with Gasteiger partial charge in [-0.1, -0.05) is 0 Å². The number of benzene rings is 1. The topological polar surface area (TPSA) is 200 Å². The second kappa shape index (κ2) is 7.26. The van der Waals surface area contributed by atoms with Crippen LogP contribution in [0.2, 0.25) is 0 Å². The van der Waals surface area contributed by atoms with Crippen molar-refractivity contribution in [2.24, 2.45) is 0 Å². The van der Waals surface area contributed by atoms with Crippen molar-refractivity contribution in [1.82, 2.24) is 15.8 Å². The Morgan fingerprint density at radius 1 is 1.29 bits per heavy atom. The minimum absolute atomic E-state index is 0.380. The number of hydrazine groups is 1. The van der Waals surface area contributed by atoms with E-state index in [4.69, 9.17) is 9.84 Å². The minimum Gasteiger partial charge on any atom is -0.504 e. The average Bonchev–Trinajstić information content (AvgIpc) is 2.83. The molecule has 31 heavy (non-hydrogen) atoms. The highest BCUT2D eigenvalue weighted by Crippen LogP contribution is 2.46. The Hall–Kier alpha value is -3.62. The Morgan fingerprint density at radius 2 is 1.94 bits per heavy atom. The number of ether oxygens (including phenoxy) is 1. The molecule has 1 aromatic rings. The summed E-state index contributed by atoms with van der Waals surface area (Å²) in [6, 6.07) is -0.133. The predicted molar refractivity (Wildman–Crippen MR) is 95.7 cm³/mol. The van der Waals surface area contributed by atoms with Gasteiger partial charge in [0.2, 0.25) is 5.91 Å². The summed E-state index contributed by atoms with van der Waals surface area (Å²) >= 11 is 0. The molecule has 0 bridgehead atoms. The van der Waals surface area contributed by atoms with Gasteiger partial charge in [-0.2, -0.15) is 0 Å². The van der Waals surface area contributed by atoms with Gasteiger partial charge in [-0.15, -0.1) is 0 Å². The maximum Gasteiger partial charge on any atom is 0.426 e. The molecule has 2 heterocycles. The van der Waals surface area contributed by atoms with Crippen molar-refractivity contribution in [3.05, 3.63) is 23.5 Å². The lowest BCUT2D eigenvalue weighted by atomic mass is 9.97. The molecule has 0 spiro atoms. The number of halogens is 1. The number of phenolic OH excluding ortho intramolecular Hbond substituents is 2. The number of sulfone groups is 1. The van der Waals surface area contributed by atoms with E-state index in [1.165, 1.54) is 0 Å². The quantitative estimate of drug-likeness (QED) is 0.206. The summed E-state index contributed by atoms with van der Waals surface area (Å²) in [5.41, 5.74) is 2.71. The molecular weight excluding hydrogens is 445 g/mol. The van der Waals surface area contributed by atoms with Crippen LogP contribution in [0.15, 0.2) is 12.1 Å². The maximum absolute atomic E-state index is 13.8. The van der Waals surface area contributed by atoms with Crippen molar-refractivity contribution >= 4 is 33.7 Å². The molecule has 13 nitrogen and oxygen atoms in total. The van der Waals surface area contributed by atoms with Gasteiger partial charge in [0, 0.05) is 0 Å². The highest BCUT2D eigenvalue weighted by atomic mass is 32.2. The van der Waals surface area contributed by atoms with Gasteiger partial charge in [-0.3, -0.25) is 15.0 Å². The van der Waals surface area contributed by atoms with Crippen molar-refractivity contribution in [1.29, 1.82) is 0 Å². The zero-order valence-electron chi connectivity index (χ0n) is 15.7. The number of rotatable bonds is 4. The number of aliphatic carboxylic acids is 1. The third-order valence-corrected chi connectivity index (χ3v) is 7.90. The number of fused-ring (bicyclic) bond motifs is 1. The number of amides is 3. The number of phenols is 2. The number of hydrogen-bond acceptors (Lipinski definition) is 9. The molecular formula is C16H16FN3O10S. The molecule has 3 rings (SSSR count). The van der Waals surface area contributed by atoms with E-state index in [9.17, 15) is 42.2 Å². The van der Waals surface area contributed by atoms with E-state index in [2.05, 4.69) is 0 Å². The summed E-state index contributed by atoms with van der Waals surface area (Å²) in [5, 5.41) is 26.5. The van der Waals surface area contributed by atoms with Crippen LogP contribution in [0.25, 0.3) is 0 Å². The molecule has 0 aliphatic carbocycles. The lowest BCUT2D eigenvalue weighted by molar-refractivity contribution is -0.158. The van der Waals surface area contributed by atoms with Crippen LogP contribution in [0, 0.1) is 5.82 Å². The smallest absolute Gasteiger partial charge is 0.426 e. The van der Waals surface area contributed by atoms with Crippen molar-refractivity contribution < 1.29 is 52.0 Å². The molecule has 168 valence electrons. The van der Waals surface area contributed by atoms with Crippen LogP contribution in [-0.2, 0) is 24.2 Å². The summed E-state index contributed by atoms with van der Waals surface area (Å²) in [6.45, 7) is 0.0653. The molecule has 2 fully saturated rings. The van der Waals surface area contributed by atoms with Crippen molar-refractivity contribution in [2.75, 3.05) is 6.61 Å².